The molecular formula is C27H32N4O. The van der Waals surface area contributed by atoms with E-state index in [2.05, 4.69) is 51.2 Å². The fraction of sp³-hybridized carbons (Fsp3) is 0.407. The van der Waals surface area contributed by atoms with Crippen LogP contribution in [0, 0.1) is 0 Å². The molecule has 1 aromatic heterocycles. The molecule has 0 unspecified atom stereocenters. The quantitative estimate of drug-likeness (QED) is 0.611. The summed E-state index contributed by atoms with van der Waals surface area (Å²) in [6, 6.07) is 18.8. The molecular weight excluding hydrogens is 396 g/mol. The van der Waals surface area contributed by atoms with E-state index in [9.17, 15) is 4.79 Å². The average Bonchev–Trinajstić information content (AvgIpc) is 2.85. The molecule has 5 rings (SSSR count). The lowest BCUT2D eigenvalue weighted by atomic mass is 10.1. The van der Waals surface area contributed by atoms with Gasteiger partial charge in [-0.15, -0.1) is 0 Å². The van der Waals surface area contributed by atoms with Crippen LogP contribution in [0.5, 0.6) is 0 Å². The number of benzene rings is 2. The van der Waals surface area contributed by atoms with Crippen molar-refractivity contribution in [3.8, 4) is 0 Å². The first-order valence-electron chi connectivity index (χ1n) is 11.9. The van der Waals surface area contributed by atoms with Crippen molar-refractivity contribution >= 4 is 16.8 Å². The van der Waals surface area contributed by atoms with Crippen LogP contribution >= 0.6 is 0 Å². The van der Waals surface area contributed by atoms with E-state index in [0.717, 1.165) is 50.3 Å². The molecule has 2 fully saturated rings. The highest BCUT2D eigenvalue weighted by Gasteiger charge is 2.22. The summed E-state index contributed by atoms with van der Waals surface area (Å²) in [6.07, 6.45) is 5.83. The second kappa shape index (κ2) is 9.80. The molecule has 0 radical (unpaired) electrons. The molecule has 2 aliphatic heterocycles. The third kappa shape index (κ3) is 4.84. The van der Waals surface area contributed by atoms with Gasteiger partial charge in [0.25, 0.3) is 5.91 Å². The molecule has 0 bridgehead atoms. The van der Waals surface area contributed by atoms with Crippen molar-refractivity contribution in [3.05, 3.63) is 77.5 Å². The maximum Gasteiger partial charge on any atom is 0.253 e. The SMILES string of the molecule is O=C(c1ccc(CN2CCCCC2)cc1)N1CCN(Cc2cccc3cccnc23)CC1. The number of pyridine rings is 1. The molecule has 5 nitrogen and oxygen atoms in total. The van der Waals surface area contributed by atoms with E-state index in [1.54, 1.807) is 0 Å². The average molecular weight is 429 g/mol. The summed E-state index contributed by atoms with van der Waals surface area (Å²) in [4.78, 5) is 24.5. The molecule has 1 amide bonds. The predicted octanol–water partition coefficient (Wildman–Crippen LogP) is 4.18. The molecule has 0 atom stereocenters. The van der Waals surface area contributed by atoms with Crippen molar-refractivity contribution in [2.75, 3.05) is 39.3 Å². The predicted molar refractivity (Wildman–Crippen MR) is 128 cm³/mol. The number of aromatic nitrogens is 1. The van der Waals surface area contributed by atoms with Gasteiger partial charge in [0.1, 0.15) is 0 Å². The number of amides is 1. The molecule has 0 aliphatic carbocycles. The Hall–Kier alpha value is -2.76. The minimum atomic E-state index is 0.154. The van der Waals surface area contributed by atoms with Crippen molar-refractivity contribution in [2.24, 2.45) is 0 Å². The number of rotatable bonds is 5. The van der Waals surface area contributed by atoms with Crippen molar-refractivity contribution < 1.29 is 4.79 Å². The van der Waals surface area contributed by atoms with Crippen LogP contribution in [-0.4, -0.2) is 64.9 Å². The topological polar surface area (TPSA) is 39.7 Å². The molecule has 32 heavy (non-hydrogen) atoms. The zero-order valence-corrected chi connectivity index (χ0v) is 18.7. The van der Waals surface area contributed by atoms with E-state index >= 15 is 0 Å². The van der Waals surface area contributed by atoms with E-state index in [1.807, 2.05) is 29.3 Å². The molecule has 0 saturated carbocycles. The van der Waals surface area contributed by atoms with Gasteiger partial charge in [0.05, 0.1) is 5.52 Å². The third-order valence-electron chi connectivity index (χ3n) is 6.83. The van der Waals surface area contributed by atoms with Gasteiger partial charge in [-0.2, -0.15) is 0 Å². The van der Waals surface area contributed by atoms with Crippen LogP contribution in [0.2, 0.25) is 0 Å². The van der Waals surface area contributed by atoms with E-state index < -0.39 is 0 Å². The third-order valence-corrected chi connectivity index (χ3v) is 6.83. The summed E-state index contributed by atoms with van der Waals surface area (Å²) in [5.74, 6) is 0.154. The lowest BCUT2D eigenvalue weighted by Crippen LogP contribution is -2.48. The van der Waals surface area contributed by atoms with Crippen LogP contribution in [-0.2, 0) is 13.1 Å². The highest BCUT2D eigenvalue weighted by molar-refractivity contribution is 5.94. The van der Waals surface area contributed by atoms with Gasteiger partial charge >= 0.3 is 0 Å². The van der Waals surface area contributed by atoms with E-state index in [0.29, 0.717) is 0 Å². The van der Waals surface area contributed by atoms with Gasteiger partial charge < -0.3 is 4.90 Å². The molecule has 2 aliphatic rings. The molecule has 5 heteroatoms. The number of carbonyl (C=O) groups is 1. The van der Waals surface area contributed by atoms with Crippen LogP contribution in [0.15, 0.2) is 60.8 Å². The van der Waals surface area contributed by atoms with E-state index in [1.165, 1.54) is 48.9 Å². The molecule has 0 N–H and O–H groups in total. The second-order valence-electron chi connectivity index (χ2n) is 9.09. The number of hydrogen-bond donors (Lipinski definition) is 0. The van der Waals surface area contributed by atoms with E-state index in [-0.39, 0.29) is 5.91 Å². The van der Waals surface area contributed by atoms with Crippen LogP contribution in [0.25, 0.3) is 10.9 Å². The Labute approximate surface area is 190 Å². The monoisotopic (exact) mass is 428 g/mol. The first-order chi connectivity index (χ1) is 15.8. The number of carbonyl (C=O) groups excluding carboxylic acids is 1. The zero-order chi connectivity index (χ0) is 21.8. The van der Waals surface area contributed by atoms with Crippen LogP contribution in [0.3, 0.4) is 0 Å². The maximum absolute atomic E-state index is 13.0. The number of piperidine rings is 1. The molecule has 2 saturated heterocycles. The summed E-state index contributed by atoms with van der Waals surface area (Å²) in [6.45, 7) is 7.58. The Morgan fingerprint density at radius 1 is 0.750 bits per heavy atom. The molecule has 3 heterocycles. The van der Waals surface area contributed by atoms with Gasteiger partial charge in [0.15, 0.2) is 0 Å². The van der Waals surface area contributed by atoms with Gasteiger partial charge in [0.2, 0.25) is 0 Å². The Kier molecular flexibility index (Phi) is 6.46. The summed E-state index contributed by atoms with van der Waals surface area (Å²) >= 11 is 0. The summed E-state index contributed by atoms with van der Waals surface area (Å²) < 4.78 is 0. The summed E-state index contributed by atoms with van der Waals surface area (Å²) in [7, 11) is 0. The smallest absolute Gasteiger partial charge is 0.253 e. The van der Waals surface area contributed by atoms with Crippen LogP contribution in [0.1, 0.15) is 40.7 Å². The van der Waals surface area contributed by atoms with Gasteiger partial charge in [-0.25, -0.2) is 0 Å². The van der Waals surface area contributed by atoms with Crippen LogP contribution in [0.4, 0.5) is 0 Å². The normalized spacial score (nSPS) is 18.2. The second-order valence-corrected chi connectivity index (χ2v) is 9.09. The molecule has 0 spiro atoms. The van der Waals surface area contributed by atoms with Gasteiger partial charge in [-0.3, -0.25) is 19.6 Å². The first-order valence-corrected chi connectivity index (χ1v) is 11.9. The van der Waals surface area contributed by atoms with Gasteiger partial charge in [-0.1, -0.05) is 42.8 Å². The largest absolute Gasteiger partial charge is 0.336 e. The minimum Gasteiger partial charge on any atom is -0.336 e. The number of fused-ring (bicyclic) bond motifs is 1. The highest BCUT2D eigenvalue weighted by Crippen LogP contribution is 2.19. The first kappa shape index (κ1) is 21.1. The Balaban J connectivity index is 1.15. The number of piperazine rings is 1. The lowest BCUT2D eigenvalue weighted by molar-refractivity contribution is 0.0629. The van der Waals surface area contributed by atoms with Crippen LogP contribution < -0.4 is 0 Å². The summed E-state index contributed by atoms with van der Waals surface area (Å²) in [5.41, 5.74) is 4.45. The number of nitrogens with zero attached hydrogens (tertiary/aromatic N) is 4. The number of hydrogen-bond acceptors (Lipinski definition) is 4. The lowest BCUT2D eigenvalue weighted by Gasteiger charge is -2.35. The van der Waals surface area contributed by atoms with Crippen molar-refractivity contribution in [1.82, 2.24) is 19.7 Å². The number of para-hydroxylation sites is 1. The fourth-order valence-electron chi connectivity index (χ4n) is 4.96. The minimum absolute atomic E-state index is 0.154. The molecule has 166 valence electrons. The van der Waals surface area contributed by atoms with Crippen molar-refractivity contribution in [2.45, 2.75) is 32.4 Å². The number of likely N-dealkylation sites (tertiary alicyclic amines) is 1. The highest BCUT2D eigenvalue weighted by atomic mass is 16.2. The maximum atomic E-state index is 13.0. The standard InChI is InChI=1S/C27H32N4O/c32-27(24-11-9-22(10-12-24)20-29-14-2-1-3-15-29)31-18-16-30(17-19-31)21-25-7-4-6-23-8-5-13-28-26(23)25/h4-13H,1-3,14-21H2. The Morgan fingerprint density at radius 3 is 2.25 bits per heavy atom. The van der Waals surface area contributed by atoms with Gasteiger partial charge in [-0.05, 0) is 55.3 Å². The Morgan fingerprint density at radius 2 is 1.47 bits per heavy atom. The Bertz CT molecular complexity index is 1050. The summed E-state index contributed by atoms with van der Waals surface area (Å²) in [5, 5.41) is 1.18. The zero-order valence-electron chi connectivity index (χ0n) is 18.7. The van der Waals surface area contributed by atoms with E-state index in [4.69, 9.17) is 0 Å². The van der Waals surface area contributed by atoms with Crippen molar-refractivity contribution in [3.63, 3.8) is 0 Å². The molecule has 3 aromatic rings. The fourth-order valence-corrected chi connectivity index (χ4v) is 4.96. The van der Waals surface area contributed by atoms with Gasteiger partial charge in [0, 0.05) is 56.4 Å². The molecule has 2 aromatic carbocycles. The van der Waals surface area contributed by atoms with Crippen molar-refractivity contribution in [1.29, 1.82) is 0 Å².